The Kier molecular flexibility index (Phi) is 4.90. The molecule has 2 aromatic rings. The topological polar surface area (TPSA) is 60.2 Å². The van der Waals surface area contributed by atoms with Crippen LogP contribution >= 0.6 is 23.1 Å². The van der Waals surface area contributed by atoms with Gasteiger partial charge in [0.25, 0.3) is 0 Å². The maximum atomic E-state index is 11.4. The van der Waals surface area contributed by atoms with Crippen molar-refractivity contribution in [1.29, 1.82) is 0 Å². The molecule has 1 heterocycles. The molecule has 0 radical (unpaired) electrons. The van der Waals surface area contributed by atoms with Crippen LogP contribution in [-0.2, 0) is 9.84 Å². The molecule has 0 saturated heterocycles. The van der Waals surface area contributed by atoms with E-state index >= 15 is 0 Å². The number of sulfone groups is 1. The first kappa shape index (κ1) is 15.6. The number of hydrogen-bond acceptors (Lipinski definition) is 5. The summed E-state index contributed by atoms with van der Waals surface area (Å²) in [5.41, 5.74) is 7.27. The van der Waals surface area contributed by atoms with Crippen LogP contribution in [0.2, 0.25) is 0 Å². The van der Waals surface area contributed by atoms with E-state index in [1.807, 2.05) is 24.4 Å². The molecule has 0 aliphatic heterocycles. The van der Waals surface area contributed by atoms with Crippen LogP contribution in [0, 0.1) is 0 Å². The largest absolute Gasteiger partial charge is 0.327 e. The Morgan fingerprint density at radius 2 is 1.85 bits per heavy atom. The molecule has 0 spiro atoms. The minimum absolute atomic E-state index is 0.0178. The molecule has 2 unspecified atom stereocenters. The third-order valence-corrected chi connectivity index (χ3v) is 6.19. The van der Waals surface area contributed by atoms with E-state index in [2.05, 4.69) is 11.4 Å². The second-order valence-corrected chi connectivity index (χ2v) is 8.71. The van der Waals surface area contributed by atoms with E-state index < -0.39 is 9.84 Å². The first-order valence-electron chi connectivity index (χ1n) is 6.12. The molecule has 1 aromatic heterocycles. The molecule has 2 atom stereocenters. The van der Waals surface area contributed by atoms with E-state index in [4.69, 9.17) is 5.73 Å². The van der Waals surface area contributed by atoms with Gasteiger partial charge in [0.05, 0.1) is 10.1 Å². The van der Waals surface area contributed by atoms with Gasteiger partial charge in [-0.2, -0.15) is 11.3 Å². The summed E-state index contributed by atoms with van der Waals surface area (Å²) in [5.74, 6) is 0. The number of nitrogens with two attached hydrogens (primary N) is 1. The smallest absolute Gasteiger partial charge is 0.175 e. The highest BCUT2D eigenvalue weighted by atomic mass is 32.2. The fourth-order valence-corrected chi connectivity index (χ4v) is 4.32. The molecule has 0 fully saturated rings. The van der Waals surface area contributed by atoms with Crippen LogP contribution in [0.5, 0.6) is 0 Å². The van der Waals surface area contributed by atoms with Crippen LogP contribution in [-0.4, -0.2) is 20.7 Å². The quantitative estimate of drug-likeness (QED) is 0.856. The van der Waals surface area contributed by atoms with Gasteiger partial charge in [0, 0.05) is 17.2 Å². The molecule has 108 valence electrons. The van der Waals surface area contributed by atoms with Crippen molar-refractivity contribution in [2.75, 3.05) is 6.26 Å². The molecule has 0 aliphatic rings. The van der Waals surface area contributed by atoms with Crippen LogP contribution in [0.15, 0.2) is 50.9 Å². The van der Waals surface area contributed by atoms with Gasteiger partial charge in [-0.05, 0) is 53.6 Å². The van der Waals surface area contributed by atoms with Crippen molar-refractivity contribution >= 4 is 32.9 Å². The van der Waals surface area contributed by atoms with Gasteiger partial charge in [-0.1, -0.05) is 0 Å². The number of hydrogen-bond donors (Lipinski definition) is 1. The van der Waals surface area contributed by atoms with Gasteiger partial charge >= 0.3 is 0 Å². The number of thioether (sulfide) groups is 1. The average Bonchev–Trinajstić information content (AvgIpc) is 2.88. The molecule has 2 rings (SSSR count). The van der Waals surface area contributed by atoms with Crippen molar-refractivity contribution in [2.24, 2.45) is 5.73 Å². The van der Waals surface area contributed by atoms with E-state index in [-0.39, 0.29) is 11.3 Å². The lowest BCUT2D eigenvalue weighted by Crippen LogP contribution is -2.22. The van der Waals surface area contributed by atoms with Crippen molar-refractivity contribution < 1.29 is 8.42 Å². The van der Waals surface area contributed by atoms with Crippen LogP contribution in [0.1, 0.15) is 17.7 Å². The molecule has 0 amide bonds. The second kappa shape index (κ2) is 6.30. The van der Waals surface area contributed by atoms with Crippen molar-refractivity contribution in [3.8, 4) is 0 Å². The van der Waals surface area contributed by atoms with Gasteiger partial charge in [0.2, 0.25) is 0 Å². The maximum Gasteiger partial charge on any atom is 0.175 e. The van der Waals surface area contributed by atoms with Gasteiger partial charge in [0.15, 0.2) is 9.84 Å². The number of thiophene rings is 1. The molecule has 0 aliphatic carbocycles. The Bertz CT molecular complexity index is 646. The summed E-state index contributed by atoms with van der Waals surface area (Å²) in [7, 11) is -3.14. The molecule has 20 heavy (non-hydrogen) atoms. The zero-order valence-electron chi connectivity index (χ0n) is 11.3. The standard InChI is InChI=1S/C14H17NO2S3/c1-10(15)14(11-7-8-18-9-11)19-12-3-5-13(6-4-12)20(2,16)17/h3-10,14H,15H2,1-2H3. The predicted octanol–water partition coefficient (Wildman–Crippen LogP) is 3.33. The summed E-state index contributed by atoms with van der Waals surface area (Å²) >= 11 is 3.31. The Labute approximate surface area is 128 Å². The summed E-state index contributed by atoms with van der Waals surface area (Å²) in [6, 6.07) is 9.05. The van der Waals surface area contributed by atoms with Crippen LogP contribution < -0.4 is 5.73 Å². The number of rotatable bonds is 5. The molecule has 3 nitrogen and oxygen atoms in total. The summed E-state index contributed by atoms with van der Waals surface area (Å²) in [5, 5.41) is 4.31. The van der Waals surface area contributed by atoms with Gasteiger partial charge < -0.3 is 5.73 Å². The monoisotopic (exact) mass is 327 g/mol. The highest BCUT2D eigenvalue weighted by molar-refractivity contribution is 7.99. The molecule has 1 aromatic carbocycles. The molecule has 2 N–H and O–H groups in total. The lowest BCUT2D eigenvalue weighted by Gasteiger charge is -2.19. The third-order valence-electron chi connectivity index (χ3n) is 2.86. The van der Waals surface area contributed by atoms with Gasteiger partial charge in [-0.25, -0.2) is 8.42 Å². The van der Waals surface area contributed by atoms with Gasteiger partial charge in [-0.3, -0.25) is 0 Å². The Morgan fingerprint density at radius 3 is 2.30 bits per heavy atom. The molecular formula is C14H17NO2S3. The average molecular weight is 327 g/mol. The molecule has 0 bridgehead atoms. The highest BCUT2D eigenvalue weighted by Gasteiger charge is 2.18. The minimum Gasteiger partial charge on any atom is -0.327 e. The summed E-state index contributed by atoms with van der Waals surface area (Å²) in [6.45, 7) is 1.99. The van der Waals surface area contributed by atoms with E-state index in [0.29, 0.717) is 4.90 Å². The SMILES string of the molecule is CC(N)C(Sc1ccc(S(C)(=O)=O)cc1)c1ccsc1. The highest BCUT2D eigenvalue weighted by Crippen LogP contribution is 2.38. The second-order valence-electron chi connectivity index (χ2n) is 4.70. The van der Waals surface area contributed by atoms with Gasteiger partial charge in [-0.15, -0.1) is 11.8 Å². The normalized spacial score (nSPS) is 14.9. The molecule has 6 heteroatoms. The van der Waals surface area contributed by atoms with Crippen molar-refractivity contribution in [3.63, 3.8) is 0 Å². The number of benzene rings is 1. The summed E-state index contributed by atoms with van der Waals surface area (Å²) in [4.78, 5) is 1.36. The Hall–Kier alpha value is -0.820. The van der Waals surface area contributed by atoms with Crippen molar-refractivity contribution in [3.05, 3.63) is 46.7 Å². The third kappa shape index (κ3) is 3.85. The van der Waals surface area contributed by atoms with Crippen LogP contribution in [0.4, 0.5) is 0 Å². The van der Waals surface area contributed by atoms with E-state index in [1.165, 1.54) is 11.8 Å². The Balaban J connectivity index is 2.20. The molecular weight excluding hydrogens is 310 g/mol. The van der Waals surface area contributed by atoms with Crippen molar-refractivity contribution in [2.45, 2.75) is 28.0 Å². The maximum absolute atomic E-state index is 11.4. The summed E-state index contributed by atoms with van der Waals surface area (Å²) < 4.78 is 22.9. The first-order chi connectivity index (χ1) is 9.38. The fraction of sp³-hybridized carbons (Fsp3) is 0.286. The fourth-order valence-electron chi connectivity index (χ4n) is 1.83. The summed E-state index contributed by atoms with van der Waals surface area (Å²) in [6.07, 6.45) is 1.21. The first-order valence-corrected chi connectivity index (χ1v) is 9.84. The minimum atomic E-state index is -3.14. The van der Waals surface area contributed by atoms with Crippen LogP contribution in [0.3, 0.4) is 0 Å². The van der Waals surface area contributed by atoms with Gasteiger partial charge in [0.1, 0.15) is 0 Å². The zero-order chi connectivity index (χ0) is 14.8. The van der Waals surface area contributed by atoms with E-state index in [0.717, 1.165) is 4.90 Å². The Morgan fingerprint density at radius 1 is 1.20 bits per heavy atom. The van der Waals surface area contributed by atoms with E-state index in [1.54, 1.807) is 35.2 Å². The lowest BCUT2D eigenvalue weighted by molar-refractivity contribution is 0.602. The van der Waals surface area contributed by atoms with Crippen LogP contribution in [0.25, 0.3) is 0 Å². The lowest BCUT2D eigenvalue weighted by atomic mass is 10.1. The predicted molar refractivity (Wildman–Crippen MR) is 86.1 cm³/mol. The van der Waals surface area contributed by atoms with Crippen molar-refractivity contribution in [1.82, 2.24) is 0 Å². The van der Waals surface area contributed by atoms with E-state index in [9.17, 15) is 8.42 Å². The molecule has 0 saturated carbocycles. The zero-order valence-corrected chi connectivity index (χ0v) is 13.8.